The molecule has 1 aliphatic heterocycles. The van der Waals surface area contributed by atoms with Crippen LogP contribution in [0.25, 0.3) is 6.08 Å². The summed E-state index contributed by atoms with van der Waals surface area (Å²) in [5.41, 5.74) is 2.84. The van der Waals surface area contributed by atoms with E-state index < -0.39 is 22.7 Å². The topological polar surface area (TPSA) is 75.8 Å². The molecule has 3 aromatic rings. The molecular formula is C27H20ClF2N3O3. The van der Waals surface area contributed by atoms with Crippen LogP contribution in [-0.2, 0) is 0 Å². The quantitative estimate of drug-likeness (QED) is 0.283. The molecule has 1 heterocycles. The van der Waals surface area contributed by atoms with E-state index in [-0.39, 0.29) is 28.0 Å². The molecule has 5 rings (SSSR count). The Balaban J connectivity index is 1.60. The Morgan fingerprint density at radius 3 is 2.39 bits per heavy atom. The van der Waals surface area contributed by atoms with Crippen molar-refractivity contribution in [1.29, 1.82) is 0 Å². The largest absolute Gasteiger partial charge is 0.276 e. The minimum Gasteiger partial charge on any atom is -0.267 e. The molecule has 0 bridgehead atoms. The number of nitrogens with zero attached hydrogens (tertiary/aromatic N) is 3. The zero-order chi connectivity index (χ0) is 25.4. The van der Waals surface area contributed by atoms with Gasteiger partial charge in [-0.25, -0.2) is 13.8 Å². The summed E-state index contributed by atoms with van der Waals surface area (Å²) in [4.78, 5) is 24.4. The Hall–Kier alpha value is -3.91. The van der Waals surface area contributed by atoms with E-state index in [4.69, 9.17) is 16.7 Å². The van der Waals surface area contributed by atoms with Crippen LogP contribution in [0.1, 0.15) is 46.8 Å². The molecule has 0 spiro atoms. The third-order valence-corrected chi connectivity index (χ3v) is 6.85. The van der Waals surface area contributed by atoms with Crippen LogP contribution in [0, 0.1) is 27.7 Å². The van der Waals surface area contributed by atoms with Crippen LogP contribution in [0.2, 0.25) is 5.02 Å². The van der Waals surface area contributed by atoms with Crippen LogP contribution >= 0.6 is 11.6 Å². The normalized spacial score (nSPS) is 20.2. The van der Waals surface area contributed by atoms with Crippen molar-refractivity contribution in [2.45, 2.75) is 25.3 Å². The van der Waals surface area contributed by atoms with Gasteiger partial charge < -0.3 is 0 Å². The fraction of sp³-hybridized carbons (Fsp3) is 0.185. The maximum atomic E-state index is 13.7. The number of hydrogen-bond acceptors (Lipinski definition) is 4. The molecule has 3 aromatic carbocycles. The van der Waals surface area contributed by atoms with Crippen molar-refractivity contribution in [1.82, 2.24) is 5.01 Å². The smallest absolute Gasteiger partial charge is 0.267 e. The lowest BCUT2D eigenvalue weighted by Crippen LogP contribution is -2.32. The number of carbonyl (C=O) groups excluding carboxylic acids is 1. The highest BCUT2D eigenvalue weighted by Crippen LogP contribution is 2.45. The highest BCUT2D eigenvalue weighted by atomic mass is 35.5. The number of benzene rings is 3. The Morgan fingerprint density at radius 2 is 1.72 bits per heavy atom. The first-order valence-electron chi connectivity index (χ1n) is 11.4. The Labute approximate surface area is 210 Å². The van der Waals surface area contributed by atoms with Gasteiger partial charge in [0.1, 0.15) is 11.6 Å². The van der Waals surface area contributed by atoms with Crippen molar-refractivity contribution >= 4 is 35.0 Å². The molecule has 1 fully saturated rings. The van der Waals surface area contributed by atoms with Crippen molar-refractivity contribution in [3.8, 4) is 0 Å². The van der Waals surface area contributed by atoms with Gasteiger partial charge in [-0.1, -0.05) is 35.9 Å². The maximum absolute atomic E-state index is 13.7. The van der Waals surface area contributed by atoms with Gasteiger partial charge >= 0.3 is 0 Å². The average molecular weight is 508 g/mol. The predicted octanol–water partition coefficient (Wildman–Crippen LogP) is 6.96. The van der Waals surface area contributed by atoms with E-state index >= 15 is 0 Å². The first-order valence-corrected chi connectivity index (χ1v) is 11.8. The number of allylic oxidation sites excluding steroid dienone is 1. The molecule has 2 atom stereocenters. The van der Waals surface area contributed by atoms with E-state index in [2.05, 4.69) is 0 Å². The number of halogens is 3. The second kappa shape index (κ2) is 9.62. The van der Waals surface area contributed by atoms with Crippen molar-refractivity contribution < 1.29 is 18.5 Å². The number of nitro benzene ring substituents is 1. The highest BCUT2D eigenvalue weighted by molar-refractivity contribution is 6.34. The van der Waals surface area contributed by atoms with Gasteiger partial charge in [-0.3, -0.25) is 14.9 Å². The number of fused-ring (bicyclic) bond motifs is 1. The van der Waals surface area contributed by atoms with Gasteiger partial charge in [0, 0.05) is 18.1 Å². The van der Waals surface area contributed by atoms with Gasteiger partial charge in [-0.05, 0) is 72.4 Å². The molecule has 6 nitrogen and oxygen atoms in total. The number of nitro groups is 1. The second-order valence-electron chi connectivity index (χ2n) is 8.77. The number of amides is 1. The highest BCUT2D eigenvalue weighted by Gasteiger charge is 2.44. The van der Waals surface area contributed by atoms with Gasteiger partial charge in [0.15, 0.2) is 0 Å². The Kier molecular flexibility index (Phi) is 6.36. The average Bonchev–Trinajstić information content (AvgIpc) is 3.26. The molecule has 0 saturated heterocycles. The van der Waals surface area contributed by atoms with Crippen LogP contribution in [0.15, 0.2) is 77.4 Å². The number of carbonyl (C=O) groups is 1. The molecular weight excluding hydrogens is 488 g/mol. The molecule has 2 unspecified atom stereocenters. The fourth-order valence-electron chi connectivity index (χ4n) is 4.84. The lowest BCUT2D eigenvalue weighted by Gasteiger charge is -2.29. The summed E-state index contributed by atoms with van der Waals surface area (Å²) in [5, 5.41) is 17.4. The third kappa shape index (κ3) is 4.52. The van der Waals surface area contributed by atoms with E-state index in [0.29, 0.717) is 5.56 Å². The number of hydrazone groups is 1. The van der Waals surface area contributed by atoms with Crippen LogP contribution in [-0.4, -0.2) is 21.6 Å². The first kappa shape index (κ1) is 23.8. The van der Waals surface area contributed by atoms with Gasteiger partial charge in [0.25, 0.3) is 11.6 Å². The van der Waals surface area contributed by atoms with Crippen molar-refractivity contribution in [2.24, 2.45) is 11.0 Å². The summed E-state index contributed by atoms with van der Waals surface area (Å²) in [6.07, 6.45) is 4.24. The summed E-state index contributed by atoms with van der Waals surface area (Å²) in [7, 11) is 0. The van der Waals surface area contributed by atoms with Crippen molar-refractivity contribution in [3.63, 3.8) is 0 Å². The fourth-order valence-corrected chi connectivity index (χ4v) is 5.03. The summed E-state index contributed by atoms with van der Waals surface area (Å²) in [6, 6.07) is 15.1. The van der Waals surface area contributed by atoms with Crippen molar-refractivity contribution in [2.75, 3.05) is 0 Å². The van der Waals surface area contributed by atoms with E-state index in [1.807, 2.05) is 6.08 Å². The molecule has 182 valence electrons. The molecule has 0 N–H and O–H groups in total. The lowest BCUT2D eigenvalue weighted by molar-refractivity contribution is -0.384. The molecule has 2 aliphatic rings. The minimum atomic E-state index is -0.594. The maximum Gasteiger partial charge on any atom is 0.276 e. The first-order chi connectivity index (χ1) is 17.3. The third-order valence-electron chi connectivity index (χ3n) is 6.52. The van der Waals surface area contributed by atoms with Crippen LogP contribution in [0.3, 0.4) is 0 Å². The zero-order valence-electron chi connectivity index (χ0n) is 18.9. The summed E-state index contributed by atoms with van der Waals surface area (Å²) in [6.45, 7) is 0. The van der Waals surface area contributed by atoms with E-state index in [1.54, 1.807) is 24.3 Å². The molecule has 0 radical (unpaired) electrons. The lowest BCUT2D eigenvalue weighted by atomic mass is 9.77. The van der Waals surface area contributed by atoms with Crippen LogP contribution in [0.5, 0.6) is 0 Å². The second-order valence-corrected chi connectivity index (χ2v) is 9.18. The molecule has 1 amide bonds. The molecule has 1 saturated carbocycles. The number of hydrogen-bond donors (Lipinski definition) is 0. The standard InChI is InChI=1S/C27H20ClF2N3O3/c28-24-13-12-21(33(35)36)15-23(24)27(34)32-26(17-6-10-20(30)11-7-17)22-3-1-2-18(25(22)31-32)14-16-4-8-19(29)9-5-16/h4-15,22,26H,1-3H2/b18-14-. The Morgan fingerprint density at radius 1 is 1.06 bits per heavy atom. The monoisotopic (exact) mass is 507 g/mol. The molecule has 1 aliphatic carbocycles. The summed E-state index contributed by atoms with van der Waals surface area (Å²) < 4.78 is 27.1. The zero-order valence-corrected chi connectivity index (χ0v) is 19.7. The molecule has 9 heteroatoms. The minimum absolute atomic E-state index is 0.0370. The molecule has 36 heavy (non-hydrogen) atoms. The van der Waals surface area contributed by atoms with Gasteiger partial charge in [-0.2, -0.15) is 5.10 Å². The van der Waals surface area contributed by atoms with Gasteiger partial charge in [0.2, 0.25) is 0 Å². The van der Waals surface area contributed by atoms with Crippen LogP contribution in [0.4, 0.5) is 14.5 Å². The predicted molar refractivity (Wildman–Crippen MR) is 133 cm³/mol. The van der Waals surface area contributed by atoms with Crippen LogP contribution < -0.4 is 0 Å². The molecule has 0 aromatic heterocycles. The Bertz CT molecular complexity index is 1400. The van der Waals surface area contributed by atoms with Crippen molar-refractivity contribution in [3.05, 3.63) is 116 Å². The summed E-state index contributed by atoms with van der Waals surface area (Å²) >= 11 is 6.28. The van der Waals surface area contributed by atoms with Gasteiger partial charge in [0.05, 0.1) is 27.3 Å². The van der Waals surface area contributed by atoms with E-state index in [0.717, 1.165) is 42.2 Å². The van der Waals surface area contributed by atoms with E-state index in [9.17, 15) is 23.7 Å². The summed E-state index contributed by atoms with van der Waals surface area (Å²) in [5.74, 6) is -1.49. The number of non-ortho nitro benzene ring substituents is 1. The SMILES string of the molecule is O=C(c1cc([N+](=O)[O-])ccc1Cl)N1N=C2/C(=C\c3ccc(F)cc3)CCCC2C1c1ccc(F)cc1. The van der Waals surface area contributed by atoms with E-state index in [1.165, 1.54) is 41.4 Å². The number of rotatable bonds is 4. The van der Waals surface area contributed by atoms with Gasteiger partial charge in [-0.15, -0.1) is 0 Å².